The molecule has 0 spiro atoms. The van der Waals surface area contributed by atoms with Crippen LogP contribution in [0.15, 0.2) is 48.0 Å². The Balaban J connectivity index is 2.13. The maximum atomic E-state index is 14.0. The maximum Gasteiger partial charge on any atom is 0.295 e. The number of benzene rings is 2. The third-order valence-corrected chi connectivity index (χ3v) is 5.15. The number of halogens is 1. The molecule has 2 aromatic rings. The summed E-state index contributed by atoms with van der Waals surface area (Å²) in [5, 5.41) is 21.8. The first-order valence-corrected chi connectivity index (χ1v) is 9.54. The van der Waals surface area contributed by atoms with E-state index < -0.39 is 34.2 Å². The Hall–Kier alpha value is -3.59. The molecule has 1 fully saturated rings. The van der Waals surface area contributed by atoms with Crippen LogP contribution < -0.4 is 0 Å². The number of non-ortho nitro benzene ring substituents is 1. The second kappa shape index (κ2) is 9.05. The number of nitrogens with zero attached hydrogens (tertiary/aromatic N) is 2. The molecule has 0 radical (unpaired) electrons. The smallest absolute Gasteiger partial charge is 0.295 e. The zero-order chi connectivity index (χ0) is 22.7. The first-order chi connectivity index (χ1) is 14.8. The Labute approximate surface area is 177 Å². The molecule has 2 aromatic carbocycles. The number of aliphatic hydroxyl groups excluding tert-OH is 1. The summed E-state index contributed by atoms with van der Waals surface area (Å²) < 4.78 is 19.1. The van der Waals surface area contributed by atoms with Crippen molar-refractivity contribution in [2.75, 3.05) is 20.3 Å². The van der Waals surface area contributed by atoms with E-state index in [1.165, 1.54) is 48.4 Å². The highest BCUT2D eigenvalue weighted by Crippen LogP contribution is 2.40. The van der Waals surface area contributed by atoms with Gasteiger partial charge in [-0.25, -0.2) is 4.39 Å². The normalized spacial score (nSPS) is 17.9. The number of likely N-dealkylation sites (tertiary alicyclic amines) is 1. The molecule has 1 saturated heterocycles. The Morgan fingerprint density at radius 2 is 1.90 bits per heavy atom. The molecule has 1 atom stereocenters. The van der Waals surface area contributed by atoms with E-state index in [2.05, 4.69) is 0 Å². The van der Waals surface area contributed by atoms with Gasteiger partial charge in [-0.2, -0.15) is 0 Å². The predicted molar refractivity (Wildman–Crippen MR) is 110 cm³/mol. The Morgan fingerprint density at radius 3 is 2.48 bits per heavy atom. The van der Waals surface area contributed by atoms with Gasteiger partial charge in [0.15, 0.2) is 0 Å². The van der Waals surface area contributed by atoms with Crippen LogP contribution in [0.25, 0.3) is 5.76 Å². The van der Waals surface area contributed by atoms with Crippen molar-refractivity contribution in [3.8, 4) is 0 Å². The van der Waals surface area contributed by atoms with E-state index in [1.807, 2.05) is 0 Å². The summed E-state index contributed by atoms with van der Waals surface area (Å²) in [6.45, 7) is 2.07. The number of ether oxygens (including phenoxy) is 1. The second-order valence-electron chi connectivity index (χ2n) is 7.15. The molecule has 9 heteroatoms. The summed E-state index contributed by atoms with van der Waals surface area (Å²) in [4.78, 5) is 37.3. The number of nitro groups is 1. The Morgan fingerprint density at radius 1 is 1.23 bits per heavy atom. The monoisotopic (exact) mass is 428 g/mol. The van der Waals surface area contributed by atoms with Crippen LogP contribution in [0, 0.1) is 22.9 Å². The number of amides is 1. The van der Waals surface area contributed by atoms with Crippen LogP contribution in [0.5, 0.6) is 0 Å². The maximum absolute atomic E-state index is 14.0. The molecule has 31 heavy (non-hydrogen) atoms. The molecular formula is C22H21FN2O6. The van der Waals surface area contributed by atoms with Gasteiger partial charge in [-0.1, -0.05) is 12.1 Å². The van der Waals surface area contributed by atoms with Gasteiger partial charge in [-0.15, -0.1) is 0 Å². The molecule has 8 nitrogen and oxygen atoms in total. The summed E-state index contributed by atoms with van der Waals surface area (Å²) in [5.41, 5.74) is 0.491. The van der Waals surface area contributed by atoms with Crippen molar-refractivity contribution in [2.24, 2.45) is 0 Å². The zero-order valence-corrected chi connectivity index (χ0v) is 17.0. The molecule has 1 aliphatic rings. The average Bonchev–Trinajstić information content (AvgIpc) is 3.00. The van der Waals surface area contributed by atoms with Crippen LogP contribution in [0.1, 0.15) is 29.2 Å². The van der Waals surface area contributed by atoms with Crippen molar-refractivity contribution < 1.29 is 28.7 Å². The molecule has 1 N–H and O–H groups in total. The molecule has 3 rings (SSSR count). The summed E-state index contributed by atoms with van der Waals surface area (Å²) in [5.74, 6) is -2.78. The second-order valence-corrected chi connectivity index (χ2v) is 7.15. The van der Waals surface area contributed by atoms with Gasteiger partial charge >= 0.3 is 0 Å². The molecule has 0 bridgehead atoms. The topological polar surface area (TPSA) is 110 Å². The minimum absolute atomic E-state index is 0.0601. The highest BCUT2D eigenvalue weighted by molar-refractivity contribution is 6.46. The molecule has 1 unspecified atom stereocenters. The van der Waals surface area contributed by atoms with Crippen LogP contribution in [-0.2, 0) is 14.3 Å². The van der Waals surface area contributed by atoms with Gasteiger partial charge in [0.05, 0.1) is 16.5 Å². The van der Waals surface area contributed by atoms with Gasteiger partial charge in [0.1, 0.15) is 11.6 Å². The minimum atomic E-state index is -0.970. The van der Waals surface area contributed by atoms with E-state index in [-0.39, 0.29) is 23.4 Å². The lowest BCUT2D eigenvalue weighted by Gasteiger charge is -2.25. The van der Waals surface area contributed by atoms with E-state index in [0.29, 0.717) is 24.2 Å². The van der Waals surface area contributed by atoms with E-state index >= 15 is 0 Å². The third-order valence-electron chi connectivity index (χ3n) is 5.15. The van der Waals surface area contributed by atoms with E-state index in [4.69, 9.17) is 4.74 Å². The predicted octanol–water partition coefficient (Wildman–Crippen LogP) is 3.50. The third kappa shape index (κ3) is 4.31. The van der Waals surface area contributed by atoms with E-state index in [1.54, 1.807) is 6.92 Å². The fraction of sp³-hybridized carbons (Fsp3) is 0.273. The fourth-order valence-electron chi connectivity index (χ4n) is 3.51. The lowest BCUT2D eigenvalue weighted by Crippen LogP contribution is -2.31. The van der Waals surface area contributed by atoms with Gasteiger partial charge in [-0.05, 0) is 42.7 Å². The molecule has 0 aliphatic carbocycles. The number of aryl methyl sites for hydroxylation is 1. The summed E-state index contributed by atoms with van der Waals surface area (Å²) in [6, 6.07) is 8.42. The van der Waals surface area contributed by atoms with Crippen LogP contribution >= 0.6 is 0 Å². The van der Waals surface area contributed by atoms with Crippen molar-refractivity contribution in [2.45, 2.75) is 19.4 Å². The summed E-state index contributed by atoms with van der Waals surface area (Å²) >= 11 is 0. The van der Waals surface area contributed by atoms with Crippen LogP contribution in [0.2, 0.25) is 0 Å². The van der Waals surface area contributed by atoms with Crippen LogP contribution in [0.4, 0.5) is 10.1 Å². The number of nitro benzene ring substituents is 1. The molecule has 1 heterocycles. The number of hydrogen-bond acceptors (Lipinski definition) is 6. The lowest BCUT2D eigenvalue weighted by molar-refractivity contribution is -0.384. The van der Waals surface area contributed by atoms with Crippen LogP contribution in [-0.4, -0.2) is 46.9 Å². The van der Waals surface area contributed by atoms with Gasteiger partial charge in [0.2, 0.25) is 0 Å². The first-order valence-electron chi connectivity index (χ1n) is 9.54. The standard InChI is InChI=1S/C22H21FN2O6/c1-13-4-5-15(12-17(13)23)20(26)18-19(14-6-8-16(9-7-14)25(29)30)24(10-3-11-31-2)22(28)21(18)27/h4-9,12,19,26H,3,10-11H2,1-2H3/b20-18+. The Bertz CT molecular complexity index is 1060. The Kier molecular flexibility index (Phi) is 6.45. The highest BCUT2D eigenvalue weighted by Gasteiger charge is 2.45. The SMILES string of the molecule is COCCCN1C(=O)C(=O)/C(=C(/O)c2ccc(C)c(F)c2)C1c1ccc([N+](=O)[O-])cc1. The van der Waals surface area contributed by atoms with Crippen molar-refractivity contribution >= 4 is 23.1 Å². The van der Waals surface area contributed by atoms with Crippen molar-refractivity contribution in [3.63, 3.8) is 0 Å². The fourth-order valence-corrected chi connectivity index (χ4v) is 3.51. The molecule has 0 saturated carbocycles. The number of rotatable bonds is 7. The summed E-state index contributed by atoms with van der Waals surface area (Å²) in [6.07, 6.45) is 0.437. The van der Waals surface area contributed by atoms with Gasteiger partial charge in [0.25, 0.3) is 17.4 Å². The lowest BCUT2D eigenvalue weighted by atomic mass is 9.94. The number of hydrogen-bond donors (Lipinski definition) is 1. The largest absolute Gasteiger partial charge is 0.507 e. The van der Waals surface area contributed by atoms with E-state index in [0.717, 1.165) is 6.07 Å². The molecule has 1 aliphatic heterocycles. The first kappa shape index (κ1) is 22.1. The van der Waals surface area contributed by atoms with E-state index in [9.17, 15) is 29.2 Å². The number of aliphatic hydroxyl groups is 1. The number of carbonyl (C=O) groups excluding carboxylic acids is 2. The number of methoxy groups -OCH3 is 1. The number of Topliss-reactive ketones (excluding diaryl/α,β-unsaturated/α-hetero) is 1. The molecule has 1 amide bonds. The molecule has 162 valence electrons. The quantitative estimate of drug-likeness (QED) is 0.181. The highest BCUT2D eigenvalue weighted by atomic mass is 19.1. The van der Waals surface area contributed by atoms with Crippen molar-refractivity contribution in [3.05, 3.63) is 80.7 Å². The van der Waals surface area contributed by atoms with Crippen LogP contribution in [0.3, 0.4) is 0 Å². The van der Waals surface area contributed by atoms with Gasteiger partial charge in [0, 0.05) is 38.0 Å². The number of ketones is 1. The zero-order valence-electron chi connectivity index (χ0n) is 17.0. The van der Waals surface area contributed by atoms with Crippen molar-refractivity contribution in [1.82, 2.24) is 4.90 Å². The molecule has 0 aromatic heterocycles. The molecular weight excluding hydrogens is 407 g/mol. The van der Waals surface area contributed by atoms with Gasteiger partial charge < -0.3 is 14.7 Å². The number of carbonyl (C=O) groups is 2. The van der Waals surface area contributed by atoms with Crippen molar-refractivity contribution in [1.29, 1.82) is 0 Å². The van der Waals surface area contributed by atoms with Gasteiger partial charge in [-0.3, -0.25) is 19.7 Å². The minimum Gasteiger partial charge on any atom is -0.507 e. The summed E-state index contributed by atoms with van der Waals surface area (Å²) in [7, 11) is 1.51. The average molecular weight is 428 g/mol.